The minimum absolute atomic E-state index is 0.0298. The molecular weight excluding hydrogens is 393 g/mol. The highest BCUT2D eigenvalue weighted by Crippen LogP contribution is 2.34. The van der Waals surface area contributed by atoms with Gasteiger partial charge in [0.1, 0.15) is 5.82 Å². The SMILES string of the molecule is NS(=O)(=O)N[C@H]1C[C@@H](Nc2nonc2/C(=N/O)N[C@H]2Cc3ccc(F)cc32)C1. The van der Waals surface area contributed by atoms with Crippen LogP contribution in [0.3, 0.4) is 0 Å². The maximum atomic E-state index is 13.4. The lowest BCUT2D eigenvalue weighted by Crippen LogP contribution is -2.51. The monoisotopic (exact) mass is 411 g/mol. The summed E-state index contributed by atoms with van der Waals surface area (Å²) in [5, 5.41) is 31.1. The quantitative estimate of drug-likeness (QED) is 0.191. The highest BCUT2D eigenvalue weighted by atomic mass is 32.2. The molecule has 1 aromatic heterocycles. The number of anilines is 1. The van der Waals surface area contributed by atoms with Gasteiger partial charge in [0, 0.05) is 12.1 Å². The Kier molecular flexibility index (Phi) is 4.64. The van der Waals surface area contributed by atoms with E-state index in [4.69, 9.17) is 9.77 Å². The Hall–Kier alpha value is -2.77. The molecule has 1 aromatic carbocycles. The van der Waals surface area contributed by atoms with Crippen molar-refractivity contribution in [1.29, 1.82) is 0 Å². The number of halogens is 1. The largest absolute Gasteiger partial charge is 0.409 e. The van der Waals surface area contributed by atoms with Crippen LogP contribution in [-0.2, 0) is 16.6 Å². The average Bonchev–Trinajstić information content (AvgIpc) is 3.03. The van der Waals surface area contributed by atoms with Crippen molar-refractivity contribution in [3.05, 3.63) is 40.8 Å². The van der Waals surface area contributed by atoms with E-state index in [9.17, 15) is 18.0 Å². The standard InChI is InChI=1S/C15H18FN7O4S/c16-8-2-1-7-3-12(11(7)4-8)19-14(20-24)13-15(22-27-21-13)18-9-5-10(6-9)23-28(17,25)26/h1-2,4,9-10,12,23-24H,3,5-6H2,(H,18,22)(H,19,20)(H2,17,25,26)/t9-,10+,12-/m0/s1. The molecule has 0 unspecified atom stereocenters. The van der Waals surface area contributed by atoms with Gasteiger partial charge in [-0.2, -0.15) is 13.1 Å². The Morgan fingerprint density at radius 1 is 1.32 bits per heavy atom. The van der Waals surface area contributed by atoms with Crippen LogP contribution in [0, 0.1) is 5.82 Å². The minimum atomic E-state index is -3.75. The van der Waals surface area contributed by atoms with E-state index in [1.54, 1.807) is 6.07 Å². The predicted molar refractivity (Wildman–Crippen MR) is 95.3 cm³/mol. The number of aromatic nitrogens is 2. The molecule has 4 rings (SSSR count). The molecule has 0 bridgehead atoms. The van der Waals surface area contributed by atoms with E-state index in [-0.39, 0.29) is 41.3 Å². The number of nitrogens with two attached hydrogens (primary N) is 1. The maximum absolute atomic E-state index is 13.4. The van der Waals surface area contributed by atoms with Gasteiger partial charge in [0.25, 0.3) is 10.2 Å². The van der Waals surface area contributed by atoms with Gasteiger partial charge >= 0.3 is 0 Å². The third kappa shape index (κ3) is 3.76. The summed E-state index contributed by atoms with van der Waals surface area (Å²) in [5.74, 6) is -0.0637. The van der Waals surface area contributed by atoms with Crippen LogP contribution in [0.1, 0.15) is 35.7 Å². The zero-order valence-corrected chi connectivity index (χ0v) is 15.3. The molecule has 2 aromatic rings. The van der Waals surface area contributed by atoms with Crippen molar-refractivity contribution in [3.8, 4) is 0 Å². The number of amidine groups is 1. The minimum Gasteiger partial charge on any atom is -0.409 e. The fraction of sp³-hybridized carbons (Fsp3) is 0.400. The van der Waals surface area contributed by atoms with Crippen molar-refractivity contribution in [2.24, 2.45) is 10.3 Å². The number of oxime groups is 1. The molecule has 1 atom stereocenters. The van der Waals surface area contributed by atoms with Gasteiger partial charge in [-0.1, -0.05) is 11.2 Å². The summed E-state index contributed by atoms with van der Waals surface area (Å²) in [6.07, 6.45) is 1.64. The number of nitrogens with one attached hydrogen (secondary N) is 3. The molecule has 13 heteroatoms. The molecule has 0 spiro atoms. The molecule has 0 amide bonds. The molecule has 28 heavy (non-hydrogen) atoms. The second-order valence-electron chi connectivity index (χ2n) is 6.83. The van der Waals surface area contributed by atoms with Crippen LogP contribution in [0.5, 0.6) is 0 Å². The molecule has 0 aliphatic heterocycles. The summed E-state index contributed by atoms with van der Waals surface area (Å²) in [6.45, 7) is 0. The average molecular weight is 411 g/mol. The van der Waals surface area contributed by atoms with E-state index in [1.165, 1.54) is 12.1 Å². The smallest absolute Gasteiger partial charge is 0.274 e. The molecule has 0 saturated heterocycles. The fourth-order valence-electron chi connectivity index (χ4n) is 3.41. The Morgan fingerprint density at radius 2 is 2.11 bits per heavy atom. The van der Waals surface area contributed by atoms with E-state index in [2.05, 4.69) is 30.8 Å². The molecule has 1 saturated carbocycles. The Balaban J connectivity index is 1.39. The van der Waals surface area contributed by atoms with Gasteiger partial charge in [0.2, 0.25) is 5.82 Å². The van der Waals surface area contributed by atoms with Crippen molar-refractivity contribution < 1.29 is 22.6 Å². The van der Waals surface area contributed by atoms with Crippen LogP contribution in [0.15, 0.2) is 28.0 Å². The van der Waals surface area contributed by atoms with Crippen molar-refractivity contribution in [2.75, 3.05) is 5.32 Å². The van der Waals surface area contributed by atoms with Crippen LogP contribution in [0.4, 0.5) is 10.2 Å². The van der Waals surface area contributed by atoms with Gasteiger partial charge < -0.3 is 15.8 Å². The highest BCUT2D eigenvalue weighted by Gasteiger charge is 2.34. The van der Waals surface area contributed by atoms with E-state index >= 15 is 0 Å². The van der Waals surface area contributed by atoms with Crippen molar-refractivity contribution in [1.82, 2.24) is 20.4 Å². The van der Waals surface area contributed by atoms with Gasteiger partial charge in [-0.3, -0.25) is 0 Å². The zero-order valence-electron chi connectivity index (χ0n) is 14.5. The highest BCUT2D eigenvalue weighted by molar-refractivity contribution is 7.87. The number of nitrogens with zero attached hydrogens (tertiary/aromatic N) is 3. The first-order valence-electron chi connectivity index (χ1n) is 8.49. The molecule has 6 N–H and O–H groups in total. The van der Waals surface area contributed by atoms with E-state index in [0.29, 0.717) is 19.3 Å². The number of hydrogen-bond donors (Lipinski definition) is 5. The molecule has 2 aliphatic rings. The fourth-order valence-corrected chi connectivity index (χ4v) is 4.07. The Bertz CT molecular complexity index is 1020. The van der Waals surface area contributed by atoms with E-state index in [0.717, 1.165) is 11.1 Å². The van der Waals surface area contributed by atoms with Crippen molar-refractivity contribution in [2.45, 2.75) is 37.4 Å². The number of hydrogen-bond acceptors (Lipinski definition) is 8. The van der Waals surface area contributed by atoms with Gasteiger partial charge in [0.05, 0.1) is 6.04 Å². The second kappa shape index (κ2) is 7.00. The summed E-state index contributed by atoms with van der Waals surface area (Å²) >= 11 is 0. The lowest BCUT2D eigenvalue weighted by Gasteiger charge is -2.35. The zero-order chi connectivity index (χ0) is 19.9. The Morgan fingerprint density at radius 3 is 2.82 bits per heavy atom. The molecular formula is C15H18FN7O4S. The van der Waals surface area contributed by atoms with Gasteiger partial charge in [-0.05, 0) is 52.8 Å². The Labute approximate surface area is 159 Å². The molecule has 0 radical (unpaired) electrons. The molecule has 11 nitrogen and oxygen atoms in total. The van der Waals surface area contributed by atoms with Gasteiger partial charge in [-0.25, -0.2) is 14.2 Å². The summed E-state index contributed by atoms with van der Waals surface area (Å²) < 4.78 is 42.5. The first-order chi connectivity index (χ1) is 13.3. The van der Waals surface area contributed by atoms with E-state index < -0.39 is 10.2 Å². The number of benzene rings is 1. The number of rotatable bonds is 6. The number of fused-ring (bicyclic) bond motifs is 1. The third-order valence-electron chi connectivity index (χ3n) is 4.84. The van der Waals surface area contributed by atoms with Crippen LogP contribution in [0.25, 0.3) is 0 Å². The summed E-state index contributed by atoms with van der Waals surface area (Å²) in [5.41, 5.74) is 1.95. The molecule has 150 valence electrons. The van der Waals surface area contributed by atoms with Gasteiger partial charge in [0.15, 0.2) is 11.5 Å². The van der Waals surface area contributed by atoms with Crippen molar-refractivity contribution >= 4 is 21.9 Å². The van der Waals surface area contributed by atoms with Crippen LogP contribution in [0.2, 0.25) is 0 Å². The third-order valence-corrected chi connectivity index (χ3v) is 5.50. The van der Waals surface area contributed by atoms with Crippen molar-refractivity contribution in [3.63, 3.8) is 0 Å². The summed E-state index contributed by atoms with van der Waals surface area (Å²) in [4.78, 5) is 0. The lowest BCUT2D eigenvalue weighted by atomic mass is 9.83. The van der Waals surface area contributed by atoms with Gasteiger partial charge in [-0.15, -0.1) is 0 Å². The second-order valence-corrected chi connectivity index (χ2v) is 8.15. The first kappa shape index (κ1) is 18.6. The molecule has 1 heterocycles. The van der Waals surface area contributed by atoms with Crippen LogP contribution in [-0.4, -0.2) is 41.9 Å². The lowest BCUT2D eigenvalue weighted by molar-refractivity contribution is 0.301. The first-order valence-corrected chi connectivity index (χ1v) is 10.0. The van der Waals surface area contributed by atoms with Crippen LogP contribution >= 0.6 is 0 Å². The summed E-state index contributed by atoms with van der Waals surface area (Å²) in [7, 11) is -3.75. The molecule has 2 aliphatic carbocycles. The maximum Gasteiger partial charge on any atom is 0.274 e. The molecule has 1 fully saturated rings. The summed E-state index contributed by atoms with van der Waals surface area (Å²) in [6, 6.07) is 3.97. The topological polar surface area (TPSA) is 168 Å². The van der Waals surface area contributed by atoms with E-state index in [1.807, 2.05) is 0 Å². The predicted octanol–water partition coefficient (Wildman–Crippen LogP) is -0.0325. The normalized spacial score (nSPS) is 24.1. The van der Waals surface area contributed by atoms with Crippen LogP contribution < -0.4 is 20.5 Å².